The number of hydrogen-bond acceptors (Lipinski definition) is 0. The van der Waals surface area contributed by atoms with E-state index in [2.05, 4.69) is 81.6 Å². The third kappa shape index (κ3) is 3.90. The van der Waals surface area contributed by atoms with Crippen LogP contribution in [0.3, 0.4) is 0 Å². The molecule has 118 valence electrons. The van der Waals surface area contributed by atoms with Gasteiger partial charge < -0.3 is 0 Å². The zero-order chi connectivity index (χ0) is 16.8. The molecule has 0 aliphatic heterocycles. The highest BCUT2D eigenvalue weighted by atomic mass is 14.2. The summed E-state index contributed by atoms with van der Waals surface area (Å²) in [7, 11) is 0. The minimum Gasteiger partial charge on any atom is -0.0984 e. The molecule has 0 saturated heterocycles. The van der Waals surface area contributed by atoms with E-state index in [-0.39, 0.29) is 0 Å². The van der Waals surface area contributed by atoms with Gasteiger partial charge in [0, 0.05) is 0 Å². The van der Waals surface area contributed by atoms with E-state index in [1.807, 2.05) is 13.0 Å². The Bertz CT molecular complexity index is 770. The fourth-order valence-corrected chi connectivity index (χ4v) is 2.94. The molecule has 23 heavy (non-hydrogen) atoms. The van der Waals surface area contributed by atoms with Crippen LogP contribution in [0.5, 0.6) is 0 Å². The Balaban J connectivity index is 2.65. The van der Waals surface area contributed by atoms with Crippen LogP contribution in [0.1, 0.15) is 38.3 Å². The van der Waals surface area contributed by atoms with Crippen LogP contribution >= 0.6 is 0 Å². The molecule has 0 amide bonds. The van der Waals surface area contributed by atoms with E-state index in [0.29, 0.717) is 5.92 Å². The molecule has 0 radical (unpaired) electrons. The number of hydrogen-bond donors (Lipinski definition) is 0. The molecule has 0 heterocycles. The van der Waals surface area contributed by atoms with Crippen molar-refractivity contribution in [2.24, 2.45) is 5.92 Å². The molecule has 0 atom stereocenters. The van der Waals surface area contributed by atoms with E-state index < -0.39 is 0 Å². The van der Waals surface area contributed by atoms with Gasteiger partial charge in [0.2, 0.25) is 0 Å². The Labute approximate surface area is 140 Å². The van der Waals surface area contributed by atoms with Crippen molar-refractivity contribution in [3.05, 3.63) is 84.5 Å². The van der Waals surface area contributed by atoms with Crippen molar-refractivity contribution in [3.8, 4) is 0 Å². The van der Waals surface area contributed by atoms with Gasteiger partial charge in [-0.25, -0.2) is 0 Å². The quantitative estimate of drug-likeness (QED) is 0.502. The van der Waals surface area contributed by atoms with E-state index in [1.54, 1.807) is 0 Å². The molecule has 0 bridgehead atoms. The molecule has 0 N–H and O–H groups in total. The summed E-state index contributed by atoms with van der Waals surface area (Å²) in [6.45, 7) is 14.9. The lowest BCUT2D eigenvalue weighted by atomic mass is 9.87. The third-order valence-electron chi connectivity index (χ3n) is 3.96. The normalized spacial score (nSPS) is 12.3. The van der Waals surface area contributed by atoms with Gasteiger partial charge in [-0.3, -0.25) is 0 Å². The maximum absolute atomic E-state index is 4.34. The Kier molecular flexibility index (Phi) is 5.76. The van der Waals surface area contributed by atoms with Crippen molar-refractivity contribution in [2.75, 3.05) is 0 Å². The van der Waals surface area contributed by atoms with Crippen LogP contribution in [0.2, 0.25) is 0 Å². The Morgan fingerprint density at radius 1 is 1.13 bits per heavy atom. The molecule has 0 spiro atoms. The fourth-order valence-electron chi connectivity index (χ4n) is 2.94. The Hall–Kier alpha value is -2.34. The highest BCUT2D eigenvalue weighted by Gasteiger charge is 2.12. The smallest absolute Gasteiger partial charge is 0.0103 e. The van der Waals surface area contributed by atoms with Gasteiger partial charge >= 0.3 is 0 Å². The number of benzene rings is 2. The van der Waals surface area contributed by atoms with E-state index in [9.17, 15) is 0 Å². The van der Waals surface area contributed by atoms with Gasteiger partial charge in [-0.1, -0.05) is 87.7 Å². The summed E-state index contributed by atoms with van der Waals surface area (Å²) in [4.78, 5) is 0. The van der Waals surface area contributed by atoms with E-state index in [1.165, 1.54) is 33.0 Å². The molecule has 2 aromatic rings. The van der Waals surface area contributed by atoms with E-state index in [0.717, 1.165) is 6.42 Å². The predicted molar refractivity (Wildman–Crippen MR) is 105 cm³/mol. The molecule has 0 unspecified atom stereocenters. The first-order chi connectivity index (χ1) is 11.1. The largest absolute Gasteiger partial charge is 0.0984 e. The fraction of sp³-hybridized carbons (Fsp3) is 0.217. The first-order valence-electron chi connectivity index (χ1n) is 8.24. The Morgan fingerprint density at radius 2 is 1.87 bits per heavy atom. The maximum Gasteiger partial charge on any atom is -0.0103 e. The molecule has 2 rings (SSSR count). The molecule has 0 nitrogen and oxygen atoms in total. The molecule has 0 aliphatic carbocycles. The number of allylic oxidation sites excluding steroid dienone is 5. The van der Waals surface area contributed by atoms with Crippen LogP contribution in [0.25, 0.3) is 22.4 Å². The molecule has 0 aliphatic rings. The van der Waals surface area contributed by atoms with E-state index in [4.69, 9.17) is 0 Å². The summed E-state index contributed by atoms with van der Waals surface area (Å²) in [5, 5.41) is 2.48. The second kappa shape index (κ2) is 7.78. The molecule has 0 heteroatoms. The van der Waals surface area contributed by atoms with Gasteiger partial charge in [0.1, 0.15) is 0 Å². The first-order valence-corrected chi connectivity index (χ1v) is 8.24. The lowest BCUT2D eigenvalue weighted by Crippen LogP contribution is -1.97. The minimum atomic E-state index is 0.587. The van der Waals surface area contributed by atoms with E-state index >= 15 is 0 Å². The van der Waals surface area contributed by atoms with Gasteiger partial charge in [0.15, 0.2) is 0 Å². The SMILES string of the molecule is C=Cc1c(/C(=C/C=C\C)C(=C)CC(C)C)ccc2ccccc12. The van der Waals surface area contributed by atoms with Gasteiger partial charge in [0.05, 0.1) is 0 Å². The topological polar surface area (TPSA) is 0 Å². The average molecular weight is 302 g/mol. The van der Waals surface area contributed by atoms with Gasteiger partial charge in [-0.05, 0) is 52.3 Å². The summed E-state index contributed by atoms with van der Waals surface area (Å²) in [5.41, 5.74) is 4.78. The molecule has 0 saturated carbocycles. The van der Waals surface area contributed by atoms with Crippen molar-refractivity contribution < 1.29 is 0 Å². The van der Waals surface area contributed by atoms with Crippen LogP contribution in [0.15, 0.2) is 73.4 Å². The van der Waals surface area contributed by atoms with Crippen LogP contribution in [0.4, 0.5) is 0 Å². The van der Waals surface area contributed by atoms with Gasteiger partial charge in [-0.2, -0.15) is 0 Å². The van der Waals surface area contributed by atoms with Crippen molar-refractivity contribution in [3.63, 3.8) is 0 Å². The summed E-state index contributed by atoms with van der Waals surface area (Å²) < 4.78 is 0. The molecule has 2 aromatic carbocycles. The number of fused-ring (bicyclic) bond motifs is 1. The zero-order valence-corrected chi connectivity index (χ0v) is 14.5. The second-order valence-corrected chi connectivity index (χ2v) is 6.26. The van der Waals surface area contributed by atoms with Gasteiger partial charge in [-0.15, -0.1) is 0 Å². The Morgan fingerprint density at radius 3 is 2.52 bits per heavy atom. The van der Waals surface area contributed by atoms with Crippen LogP contribution < -0.4 is 0 Å². The van der Waals surface area contributed by atoms with Crippen LogP contribution in [0, 0.1) is 5.92 Å². The summed E-state index contributed by atoms with van der Waals surface area (Å²) >= 11 is 0. The lowest BCUT2D eigenvalue weighted by Gasteiger charge is -2.17. The van der Waals surface area contributed by atoms with Crippen LogP contribution in [-0.2, 0) is 0 Å². The van der Waals surface area contributed by atoms with Crippen molar-refractivity contribution in [1.29, 1.82) is 0 Å². The van der Waals surface area contributed by atoms with Crippen molar-refractivity contribution in [1.82, 2.24) is 0 Å². The van der Waals surface area contributed by atoms with Crippen molar-refractivity contribution >= 4 is 22.4 Å². The number of rotatable bonds is 6. The summed E-state index contributed by atoms with van der Waals surface area (Å²) in [6, 6.07) is 12.8. The third-order valence-corrected chi connectivity index (χ3v) is 3.96. The standard InChI is InChI=1S/C23H26/c1-6-8-12-21(18(5)16-17(3)4)23-15-14-19-11-9-10-13-22(19)20(23)7-2/h6-15,17H,2,5,16H2,1,3-4H3/b8-6-,21-12+. The summed E-state index contributed by atoms with van der Waals surface area (Å²) in [6.07, 6.45) is 9.26. The second-order valence-electron chi connectivity index (χ2n) is 6.26. The first kappa shape index (κ1) is 17.0. The average Bonchev–Trinajstić information content (AvgIpc) is 2.54. The maximum atomic E-state index is 4.34. The molecular formula is C23H26. The predicted octanol–water partition coefficient (Wildman–Crippen LogP) is 7.04. The van der Waals surface area contributed by atoms with Crippen LogP contribution in [-0.4, -0.2) is 0 Å². The summed E-state index contributed by atoms with van der Waals surface area (Å²) in [5.74, 6) is 0.587. The molecular weight excluding hydrogens is 276 g/mol. The molecule has 0 aromatic heterocycles. The highest BCUT2D eigenvalue weighted by molar-refractivity contribution is 5.97. The van der Waals surface area contributed by atoms with Gasteiger partial charge in [0.25, 0.3) is 0 Å². The minimum absolute atomic E-state index is 0.587. The lowest BCUT2D eigenvalue weighted by molar-refractivity contribution is 0.653. The monoisotopic (exact) mass is 302 g/mol. The highest BCUT2D eigenvalue weighted by Crippen LogP contribution is 2.33. The van der Waals surface area contributed by atoms with Crippen molar-refractivity contribution in [2.45, 2.75) is 27.2 Å². The molecule has 0 fully saturated rings. The zero-order valence-electron chi connectivity index (χ0n) is 14.5.